The summed E-state index contributed by atoms with van der Waals surface area (Å²) >= 11 is 8.01. The first-order valence-electron chi connectivity index (χ1n) is 5.64. The maximum absolute atomic E-state index is 13.6. The summed E-state index contributed by atoms with van der Waals surface area (Å²) in [6.45, 7) is 0.0420. The van der Waals surface area contributed by atoms with Gasteiger partial charge in [-0.1, -0.05) is 52.4 Å². The van der Waals surface area contributed by atoms with Crippen molar-refractivity contribution in [2.24, 2.45) is 5.73 Å². The summed E-state index contributed by atoms with van der Waals surface area (Å²) in [6.07, 6.45) is 0. The van der Waals surface area contributed by atoms with Crippen molar-refractivity contribution in [1.29, 1.82) is 0 Å². The highest BCUT2D eigenvalue weighted by atomic mass is 79.9. The SMILES string of the molecule is NC(=S)c1ccccc1COc1cc(Br)cc(F)c1F. The molecular formula is C14H10BrF2NOS. The number of rotatable bonds is 4. The highest BCUT2D eigenvalue weighted by Gasteiger charge is 2.12. The first kappa shape index (κ1) is 14.9. The maximum atomic E-state index is 13.6. The summed E-state index contributed by atoms with van der Waals surface area (Å²) < 4.78 is 32.5. The number of hydrogen-bond acceptors (Lipinski definition) is 2. The Hall–Kier alpha value is -1.53. The molecule has 2 aromatic carbocycles. The molecule has 0 aliphatic carbocycles. The van der Waals surface area contributed by atoms with Crippen molar-refractivity contribution in [3.8, 4) is 5.75 Å². The van der Waals surface area contributed by atoms with Crippen molar-refractivity contribution in [3.63, 3.8) is 0 Å². The van der Waals surface area contributed by atoms with Crippen LogP contribution >= 0.6 is 28.1 Å². The van der Waals surface area contributed by atoms with Gasteiger partial charge in [-0.2, -0.15) is 4.39 Å². The smallest absolute Gasteiger partial charge is 0.200 e. The number of thiocarbonyl (C=S) groups is 1. The summed E-state index contributed by atoms with van der Waals surface area (Å²) in [5.41, 5.74) is 6.96. The van der Waals surface area contributed by atoms with E-state index in [1.807, 2.05) is 0 Å². The first-order valence-corrected chi connectivity index (χ1v) is 6.84. The number of benzene rings is 2. The zero-order chi connectivity index (χ0) is 14.7. The van der Waals surface area contributed by atoms with Gasteiger partial charge in [-0.05, 0) is 17.7 Å². The Bertz CT molecular complexity index is 664. The normalized spacial score (nSPS) is 10.3. The van der Waals surface area contributed by atoms with E-state index in [1.54, 1.807) is 24.3 Å². The fourth-order valence-electron chi connectivity index (χ4n) is 1.68. The van der Waals surface area contributed by atoms with E-state index >= 15 is 0 Å². The average molecular weight is 358 g/mol. The van der Waals surface area contributed by atoms with Gasteiger partial charge in [-0.3, -0.25) is 0 Å². The molecule has 0 fully saturated rings. The van der Waals surface area contributed by atoms with Gasteiger partial charge in [0.05, 0.1) is 0 Å². The second kappa shape index (κ2) is 6.28. The van der Waals surface area contributed by atoms with E-state index in [0.29, 0.717) is 15.6 Å². The highest BCUT2D eigenvalue weighted by molar-refractivity contribution is 9.10. The van der Waals surface area contributed by atoms with Gasteiger partial charge >= 0.3 is 0 Å². The van der Waals surface area contributed by atoms with Crippen molar-refractivity contribution < 1.29 is 13.5 Å². The van der Waals surface area contributed by atoms with E-state index < -0.39 is 11.6 Å². The van der Waals surface area contributed by atoms with Crippen LogP contribution in [0, 0.1) is 11.6 Å². The monoisotopic (exact) mass is 357 g/mol. The summed E-state index contributed by atoms with van der Waals surface area (Å²) in [4.78, 5) is 0.227. The summed E-state index contributed by atoms with van der Waals surface area (Å²) in [5.74, 6) is -2.17. The zero-order valence-corrected chi connectivity index (χ0v) is 12.6. The zero-order valence-electron chi connectivity index (χ0n) is 10.2. The van der Waals surface area contributed by atoms with Gasteiger partial charge in [-0.25, -0.2) is 4.39 Å². The van der Waals surface area contributed by atoms with E-state index in [-0.39, 0.29) is 17.3 Å². The Morgan fingerprint density at radius 1 is 1.25 bits per heavy atom. The highest BCUT2D eigenvalue weighted by Crippen LogP contribution is 2.26. The van der Waals surface area contributed by atoms with Crippen LogP contribution in [0.4, 0.5) is 8.78 Å². The molecular weight excluding hydrogens is 348 g/mol. The molecule has 104 valence electrons. The molecule has 2 aromatic rings. The van der Waals surface area contributed by atoms with Gasteiger partial charge in [0.2, 0.25) is 5.82 Å². The topological polar surface area (TPSA) is 35.2 Å². The van der Waals surface area contributed by atoms with E-state index in [9.17, 15) is 8.78 Å². The van der Waals surface area contributed by atoms with Crippen LogP contribution in [-0.4, -0.2) is 4.99 Å². The predicted octanol–water partition coefficient (Wildman–Crippen LogP) is 3.94. The van der Waals surface area contributed by atoms with Gasteiger partial charge in [0, 0.05) is 10.0 Å². The third-order valence-corrected chi connectivity index (χ3v) is 3.30. The van der Waals surface area contributed by atoms with Gasteiger partial charge in [0.1, 0.15) is 11.6 Å². The third-order valence-electron chi connectivity index (χ3n) is 2.63. The second-order valence-electron chi connectivity index (χ2n) is 4.01. The number of hydrogen-bond donors (Lipinski definition) is 1. The fourth-order valence-corrected chi connectivity index (χ4v) is 2.29. The number of halogens is 3. The second-order valence-corrected chi connectivity index (χ2v) is 5.37. The van der Waals surface area contributed by atoms with E-state index in [2.05, 4.69) is 15.9 Å². The summed E-state index contributed by atoms with van der Waals surface area (Å²) in [5, 5.41) is 0. The average Bonchev–Trinajstić information content (AvgIpc) is 2.41. The van der Waals surface area contributed by atoms with Crippen molar-refractivity contribution >= 4 is 33.1 Å². The Labute approximate surface area is 128 Å². The number of nitrogens with two attached hydrogens (primary N) is 1. The molecule has 0 atom stereocenters. The summed E-state index contributed by atoms with van der Waals surface area (Å²) in [7, 11) is 0. The standard InChI is InChI=1S/C14H10BrF2NOS/c15-9-5-11(16)13(17)12(6-9)19-7-8-3-1-2-4-10(8)14(18)20/h1-6H,7H2,(H2,18,20). The van der Waals surface area contributed by atoms with Crippen LogP contribution in [0.25, 0.3) is 0 Å². The molecule has 0 saturated heterocycles. The molecule has 6 heteroatoms. The molecule has 0 spiro atoms. The van der Waals surface area contributed by atoms with Crippen LogP contribution in [0.5, 0.6) is 5.75 Å². The lowest BCUT2D eigenvalue weighted by atomic mass is 10.1. The van der Waals surface area contributed by atoms with Crippen molar-refractivity contribution in [3.05, 3.63) is 63.6 Å². The van der Waals surface area contributed by atoms with Gasteiger partial charge < -0.3 is 10.5 Å². The van der Waals surface area contributed by atoms with Gasteiger partial charge in [0.15, 0.2) is 11.6 Å². The molecule has 0 heterocycles. The largest absolute Gasteiger partial charge is 0.486 e. The minimum absolute atomic E-state index is 0.0420. The minimum atomic E-state index is -1.03. The van der Waals surface area contributed by atoms with Crippen LogP contribution in [0.1, 0.15) is 11.1 Å². The maximum Gasteiger partial charge on any atom is 0.200 e. The molecule has 0 amide bonds. The van der Waals surface area contributed by atoms with Crippen LogP contribution < -0.4 is 10.5 Å². The minimum Gasteiger partial charge on any atom is -0.486 e. The quantitative estimate of drug-likeness (QED) is 0.664. The van der Waals surface area contributed by atoms with Crippen LogP contribution in [0.2, 0.25) is 0 Å². The Morgan fingerprint density at radius 3 is 2.65 bits per heavy atom. The van der Waals surface area contributed by atoms with E-state index in [4.69, 9.17) is 22.7 Å². The van der Waals surface area contributed by atoms with Crippen LogP contribution in [-0.2, 0) is 6.61 Å². The van der Waals surface area contributed by atoms with E-state index in [1.165, 1.54) is 6.07 Å². The van der Waals surface area contributed by atoms with Crippen molar-refractivity contribution in [1.82, 2.24) is 0 Å². The Balaban J connectivity index is 2.24. The lowest BCUT2D eigenvalue weighted by molar-refractivity contribution is 0.284. The molecule has 0 unspecified atom stereocenters. The molecule has 2 rings (SSSR count). The molecule has 0 aliphatic heterocycles. The molecule has 2 N–H and O–H groups in total. The molecule has 0 aromatic heterocycles. The Morgan fingerprint density at radius 2 is 1.95 bits per heavy atom. The molecule has 0 aliphatic rings. The third kappa shape index (κ3) is 3.32. The fraction of sp³-hybridized carbons (Fsp3) is 0.0714. The Kier molecular flexibility index (Phi) is 4.67. The van der Waals surface area contributed by atoms with Crippen LogP contribution in [0.3, 0.4) is 0 Å². The first-order chi connectivity index (χ1) is 9.49. The lowest BCUT2D eigenvalue weighted by Gasteiger charge is -2.11. The van der Waals surface area contributed by atoms with Crippen molar-refractivity contribution in [2.45, 2.75) is 6.61 Å². The molecule has 0 radical (unpaired) electrons. The molecule has 0 bridgehead atoms. The predicted molar refractivity (Wildman–Crippen MR) is 80.7 cm³/mol. The molecule has 20 heavy (non-hydrogen) atoms. The summed E-state index contributed by atoms with van der Waals surface area (Å²) in [6, 6.07) is 9.49. The lowest BCUT2D eigenvalue weighted by Crippen LogP contribution is -2.13. The van der Waals surface area contributed by atoms with Gasteiger partial charge in [0.25, 0.3) is 0 Å². The molecule has 0 saturated carbocycles. The molecule has 2 nitrogen and oxygen atoms in total. The van der Waals surface area contributed by atoms with Crippen molar-refractivity contribution in [2.75, 3.05) is 0 Å². The van der Waals surface area contributed by atoms with Crippen LogP contribution in [0.15, 0.2) is 40.9 Å². The number of ether oxygens (including phenoxy) is 1. The van der Waals surface area contributed by atoms with E-state index in [0.717, 1.165) is 6.07 Å². The van der Waals surface area contributed by atoms with Gasteiger partial charge in [-0.15, -0.1) is 0 Å².